The van der Waals surface area contributed by atoms with Crippen LogP contribution in [0.2, 0.25) is 0 Å². The quantitative estimate of drug-likeness (QED) is 0.326. The van der Waals surface area contributed by atoms with Crippen LogP contribution in [0.4, 0.5) is 5.69 Å². The van der Waals surface area contributed by atoms with Gasteiger partial charge >= 0.3 is 0 Å². The van der Waals surface area contributed by atoms with Crippen molar-refractivity contribution in [1.82, 2.24) is 4.98 Å². The molecule has 33 heavy (non-hydrogen) atoms. The minimum atomic E-state index is -0.806. The molecule has 1 unspecified atom stereocenters. The van der Waals surface area contributed by atoms with E-state index in [1.807, 2.05) is 39.0 Å². The molecule has 1 amide bonds. The number of aliphatic hydroxyl groups is 1. The fraction of sp³-hybridized carbons (Fsp3) is 0.222. The Kier molecular flexibility index (Phi) is 6.27. The number of aryl methyl sites for hydroxylation is 2. The van der Waals surface area contributed by atoms with Gasteiger partial charge in [-0.25, -0.2) is 0 Å². The van der Waals surface area contributed by atoms with E-state index in [1.54, 1.807) is 48.8 Å². The van der Waals surface area contributed by atoms with Gasteiger partial charge in [-0.2, -0.15) is 0 Å². The van der Waals surface area contributed by atoms with Gasteiger partial charge in [-0.3, -0.25) is 19.5 Å². The highest BCUT2D eigenvalue weighted by molar-refractivity contribution is 6.51. The van der Waals surface area contributed by atoms with Crippen molar-refractivity contribution in [2.24, 2.45) is 0 Å². The van der Waals surface area contributed by atoms with Crippen molar-refractivity contribution in [1.29, 1.82) is 0 Å². The Hall–Kier alpha value is -3.93. The number of benzene rings is 2. The number of hydrogen-bond acceptors (Lipinski definition) is 5. The molecular formula is C27H26N2O4. The summed E-state index contributed by atoms with van der Waals surface area (Å²) in [6, 6.07) is 15.4. The van der Waals surface area contributed by atoms with Gasteiger partial charge in [0.05, 0.1) is 18.2 Å². The van der Waals surface area contributed by atoms with Crippen LogP contribution in [0.25, 0.3) is 5.76 Å². The normalized spacial score (nSPS) is 17.4. The van der Waals surface area contributed by atoms with Crippen LogP contribution in [0.3, 0.4) is 0 Å². The van der Waals surface area contributed by atoms with E-state index in [0.29, 0.717) is 29.2 Å². The molecule has 6 heteroatoms. The zero-order valence-electron chi connectivity index (χ0n) is 18.9. The number of amides is 1. The maximum Gasteiger partial charge on any atom is 0.300 e. The summed E-state index contributed by atoms with van der Waals surface area (Å²) in [5, 5.41) is 11.3. The summed E-state index contributed by atoms with van der Waals surface area (Å²) in [6.45, 7) is 6.37. The molecule has 1 aliphatic rings. The molecule has 0 radical (unpaired) electrons. The van der Waals surface area contributed by atoms with Gasteiger partial charge in [0.15, 0.2) is 0 Å². The first-order valence-electron chi connectivity index (χ1n) is 10.9. The Morgan fingerprint density at radius 1 is 1.09 bits per heavy atom. The maximum absolute atomic E-state index is 13.3. The van der Waals surface area contributed by atoms with Gasteiger partial charge in [0.2, 0.25) is 0 Å². The first kappa shape index (κ1) is 22.3. The van der Waals surface area contributed by atoms with Gasteiger partial charge in [-0.05, 0) is 61.2 Å². The third kappa shape index (κ3) is 4.24. The van der Waals surface area contributed by atoms with E-state index in [-0.39, 0.29) is 11.3 Å². The maximum atomic E-state index is 13.3. The van der Waals surface area contributed by atoms with Crippen LogP contribution in [0, 0.1) is 13.8 Å². The Labute approximate surface area is 193 Å². The zero-order chi connectivity index (χ0) is 23.5. The largest absolute Gasteiger partial charge is 0.507 e. The van der Waals surface area contributed by atoms with Crippen LogP contribution in [0.15, 0.2) is 72.6 Å². The average molecular weight is 443 g/mol. The summed E-state index contributed by atoms with van der Waals surface area (Å²) in [5.74, 6) is -1.07. The Morgan fingerprint density at radius 3 is 2.64 bits per heavy atom. The molecule has 1 saturated heterocycles. The molecule has 0 spiro atoms. The highest BCUT2D eigenvalue weighted by Crippen LogP contribution is 2.43. The third-order valence-corrected chi connectivity index (χ3v) is 5.65. The van der Waals surface area contributed by atoms with Gasteiger partial charge in [0.25, 0.3) is 11.7 Å². The number of pyridine rings is 1. The number of ketones is 1. The summed E-state index contributed by atoms with van der Waals surface area (Å²) in [5.41, 5.74) is 3.52. The minimum Gasteiger partial charge on any atom is -0.507 e. The Bertz CT molecular complexity index is 1230. The lowest BCUT2D eigenvalue weighted by molar-refractivity contribution is -0.132. The second kappa shape index (κ2) is 9.28. The number of carbonyl (C=O) groups is 2. The van der Waals surface area contributed by atoms with E-state index < -0.39 is 17.7 Å². The van der Waals surface area contributed by atoms with Gasteiger partial charge in [-0.1, -0.05) is 37.3 Å². The molecule has 0 saturated carbocycles. The van der Waals surface area contributed by atoms with Crippen LogP contribution >= 0.6 is 0 Å². The van der Waals surface area contributed by atoms with Crippen molar-refractivity contribution in [2.75, 3.05) is 11.5 Å². The lowest BCUT2D eigenvalue weighted by Gasteiger charge is -2.27. The number of rotatable bonds is 6. The van der Waals surface area contributed by atoms with Gasteiger partial charge in [-0.15, -0.1) is 0 Å². The lowest BCUT2D eigenvalue weighted by Crippen LogP contribution is -2.30. The van der Waals surface area contributed by atoms with Crippen LogP contribution in [0.5, 0.6) is 5.75 Å². The Morgan fingerprint density at radius 2 is 1.91 bits per heavy atom. The van der Waals surface area contributed by atoms with E-state index in [4.69, 9.17) is 4.74 Å². The molecule has 6 nitrogen and oxygen atoms in total. The molecule has 2 aromatic carbocycles. The highest BCUT2D eigenvalue weighted by Gasteiger charge is 2.47. The fourth-order valence-corrected chi connectivity index (χ4v) is 4.02. The molecule has 4 rings (SSSR count). The van der Waals surface area contributed by atoms with Crippen LogP contribution in [0.1, 0.15) is 41.6 Å². The van der Waals surface area contributed by atoms with Crippen molar-refractivity contribution in [3.05, 3.63) is 94.8 Å². The third-order valence-electron chi connectivity index (χ3n) is 5.65. The fourth-order valence-electron chi connectivity index (χ4n) is 4.02. The van der Waals surface area contributed by atoms with E-state index in [1.165, 1.54) is 4.90 Å². The summed E-state index contributed by atoms with van der Waals surface area (Å²) in [7, 11) is 0. The van der Waals surface area contributed by atoms with Crippen molar-refractivity contribution < 1.29 is 19.4 Å². The first-order chi connectivity index (χ1) is 15.9. The van der Waals surface area contributed by atoms with Crippen molar-refractivity contribution in [3.8, 4) is 5.75 Å². The molecule has 1 atom stereocenters. The number of aromatic nitrogens is 1. The molecule has 0 bridgehead atoms. The molecule has 1 aromatic heterocycles. The monoisotopic (exact) mass is 442 g/mol. The number of ether oxygens (including phenoxy) is 1. The van der Waals surface area contributed by atoms with E-state index in [2.05, 4.69) is 4.98 Å². The van der Waals surface area contributed by atoms with Crippen LogP contribution in [-0.2, 0) is 9.59 Å². The van der Waals surface area contributed by atoms with Crippen molar-refractivity contribution in [2.45, 2.75) is 33.2 Å². The summed E-state index contributed by atoms with van der Waals surface area (Å²) in [6.07, 6.45) is 4.09. The smallest absolute Gasteiger partial charge is 0.300 e. The SMILES string of the molecule is CCCOc1cccc(/C(O)=C2\C(=O)C(=O)N(c3cc(C)ccc3C)C2c2cccnc2)c1. The zero-order valence-corrected chi connectivity index (χ0v) is 18.9. The van der Waals surface area contributed by atoms with Gasteiger partial charge < -0.3 is 9.84 Å². The average Bonchev–Trinajstić information content (AvgIpc) is 3.10. The minimum absolute atomic E-state index is 0.0292. The molecule has 168 valence electrons. The molecule has 1 N–H and O–H groups in total. The van der Waals surface area contributed by atoms with E-state index >= 15 is 0 Å². The standard InChI is InChI=1S/C27H26N2O4/c1-4-13-33-21-9-5-7-19(15-21)25(30)23-24(20-8-6-12-28-16-20)29(27(32)26(23)31)22-14-17(2)10-11-18(22)3/h5-12,14-16,24,30H,4,13H2,1-3H3/b25-23+. The second-order valence-corrected chi connectivity index (χ2v) is 8.12. The Balaban J connectivity index is 1.91. The summed E-state index contributed by atoms with van der Waals surface area (Å²) < 4.78 is 5.68. The number of anilines is 1. The highest BCUT2D eigenvalue weighted by atomic mass is 16.5. The van der Waals surface area contributed by atoms with Gasteiger partial charge in [0.1, 0.15) is 11.5 Å². The molecule has 1 fully saturated rings. The van der Waals surface area contributed by atoms with Crippen molar-refractivity contribution >= 4 is 23.1 Å². The van der Waals surface area contributed by atoms with Crippen LogP contribution < -0.4 is 9.64 Å². The second-order valence-electron chi connectivity index (χ2n) is 8.12. The molecule has 3 aromatic rings. The number of Topliss-reactive ketones (excluding diaryl/α,β-unsaturated/α-hetero) is 1. The number of nitrogens with zero attached hydrogens (tertiary/aromatic N) is 2. The predicted octanol–water partition coefficient (Wildman–Crippen LogP) is 5.11. The number of hydrogen-bond donors (Lipinski definition) is 1. The van der Waals surface area contributed by atoms with Crippen LogP contribution in [-0.4, -0.2) is 28.4 Å². The van der Waals surface area contributed by atoms with E-state index in [9.17, 15) is 14.7 Å². The first-order valence-corrected chi connectivity index (χ1v) is 10.9. The topological polar surface area (TPSA) is 79.7 Å². The number of carbonyl (C=O) groups excluding carboxylic acids is 2. The molecule has 0 aliphatic carbocycles. The molecular weight excluding hydrogens is 416 g/mol. The molecule has 1 aliphatic heterocycles. The van der Waals surface area contributed by atoms with Crippen molar-refractivity contribution in [3.63, 3.8) is 0 Å². The summed E-state index contributed by atoms with van der Waals surface area (Å²) in [4.78, 5) is 32.2. The molecule has 2 heterocycles. The number of aliphatic hydroxyl groups excluding tert-OH is 1. The van der Waals surface area contributed by atoms with Gasteiger partial charge in [0, 0.05) is 23.6 Å². The lowest BCUT2D eigenvalue weighted by atomic mass is 9.95. The summed E-state index contributed by atoms with van der Waals surface area (Å²) >= 11 is 0. The predicted molar refractivity (Wildman–Crippen MR) is 127 cm³/mol. The van der Waals surface area contributed by atoms with E-state index in [0.717, 1.165) is 17.5 Å².